The van der Waals surface area contributed by atoms with E-state index in [1.54, 1.807) is 0 Å². The molecule has 3 aliphatic rings. The van der Waals surface area contributed by atoms with Crippen LogP contribution in [0.4, 0.5) is 0 Å². The summed E-state index contributed by atoms with van der Waals surface area (Å²) in [6.45, 7) is 14.1. The van der Waals surface area contributed by atoms with Gasteiger partial charge in [-0.05, 0) is 246 Å². The van der Waals surface area contributed by atoms with E-state index in [0.717, 1.165) is 66.9 Å². The molecule has 22 rings (SSSR count). The van der Waals surface area contributed by atoms with E-state index in [1.165, 1.54) is 132 Å². The van der Waals surface area contributed by atoms with Crippen LogP contribution in [0, 0.1) is 0 Å². The van der Waals surface area contributed by atoms with Crippen molar-refractivity contribution < 1.29 is 0 Å². The van der Waals surface area contributed by atoms with Gasteiger partial charge in [0.25, 0.3) is 0 Å². The van der Waals surface area contributed by atoms with Gasteiger partial charge in [0.05, 0.1) is 33.1 Å². The first kappa shape index (κ1) is 62.1. The van der Waals surface area contributed by atoms with E-state index in [2.05, 4.69) is 383 Å². The van der Waals surface area contributed by atoms with Crippen molar-refractivity contribution in [3.8, 4) is 118 Å². The number of rotatable bonds is 9. The van der Waals surface area contributed by atoms with Crippen LogP contribution in [0.5, 0.6) is 0 Å². The fourth-order valence-electron chi connectivity index (χ4n) is 19.0. The molecule has 19 aromatic rings. The zero-order valence-electron chi connectivity index (χ0n) is 60.9. The molecule has 3 aliphatic carbocycles. The Morgan fingerprint density at radius 2 is 0.407 bits per heavy atom. The third-order valence-electron chi connectivity index (χ3n) is 24.6. The lowest BCUT2D eigenvalue weighted by Gasteiger charge is -2.22. The standard InChI is InChI=1S/C102H72N6/c1-100(2)85-25-13-7-19-73(85)76-49-37-67(58-88(76)100)64-40-52-94-82(55-64)79-22-10-16-28-91(79)106(94)70-43-31-61(32-44-70)97-103-98(62-33-45-71(46-34-62)107-92-29-17-11-23-80(92)83-56-65(41-53-95(83)107)68-38-50-77-74-20-8-14-26-86(74)101(3,4)89(77)59-68)105-99(104-97)63-35-47-72(48-36-63)108-93-30-18-12-24-81(93)84-57-66(42-54-96(84)108)69-39-51-78-75-21-9-15-27-87(75)102(5,6)90(78)60-69/h7-60H,1-6H3. The lowest BCUT2D eigenvalue weighted by Crippen LogP contribution is -2.14. The predicted octanol–water partition coefficient (Wildman–Crippen LogP) is 26.1. The molecule has 0 fully saturated rings. The maximum atomic E-state index is 5.39. The van der Waals surface area contributed by atoms with Crippen molar-refractivity contribution >= 4 is 65.4 Å². The van der Waals surface area contributed by atoms with Crippen LogP contribution >= 0.6 is 0 Å². The van der Waals surface area contributed by atoms with Gasteiger partial charge in [0.15, 0.2) is 17.5 Å². The highest BCUT2D eigenvalue weighted by atomic mass is 15.0. The van der Waals surface area contributed by atoms with Gasteiger partial charge in [-0.25, -0.2) is 15.0 Å². The summed E-state index contributed by atoms with van der Waals surface area (Å²) in [7, 11) is 0. The molecule has 0 amide bonds. The Hall–Kier alpha value is -13.3. The molecular formula is C102H72N6. The van der Waals surface area contributed by atoms with E-state index in [0.29, 0.717) is 17.5 Å². The molecule has 0 saturated carbocycles. The average Bonchev–Trinajstić information content (AvgIpc) is 1.60. The fraction of sp³-hybridized carbons (Fsp3) is 0.0882. The Balaban J connectivity index is 0.631. The minimum atomic E-state index is -0.0886. The molecule has 510 valence electrons. The van der Waals surface area contributed by atoms with Gasteiger partial charge in [0.2, 0.25) is 0 Å². The van der Waals surface area contributed by atoms with Crippen LogP contribution in [-0.4, -0.2) is 28.7 Å². The maximum absolute atomic E-state index is 5.39. The fourth-order valence-corrected chi connectivity index (χ4v) is 19.0. The van der Waals surface area contributed by atoms with Crippen molar-refractivity contribution in [3.05, 3.63) is 361 Å². The molecule has 0 unspecified atom stereocenters. The summed E-state index contributed by atoms with van der Waals surface area (Å²) < 4.78 is 7.17. The molecular weight excluding hydrogens is 1310 g/mol. The number of fused-ring (bicyclic) bond motifs is 18. The molecule has 4 heterocycles. The summed E-state index contributed by atoms with van der Waals surface area (Å²) in [4.78, 5) is 16.2. The second-order valence-electron chi connectivity index (χ2n) is 31.5. The van der Waals surface area contributed by atoms with Crippen LogP contribution < -0.4 is 0 Å². The molecule has 6 nitrogen and oxygen atoms in total. The van der Waals surface area contributed by atoms with Gasteiger partial charge in [-0.15, -0.1) is 0 Å². The Bertz CT molecular complexity index is 6370. The van der Waals surface area contributed by atoms with Crippen molar-refractivity contribution in [1.82, 2.24) is 28.7 Å². The highest BCUT2D eigenvalue weighted by Gasteiger charge is 2.38. The van der Waals surface area contributed by atoms with E-state index in [1.807, 2.05) is 0 Å². The molecule has 0 N–H and O–H groups in total. The Morgan fingerprint density at radius 1 is 0.185 bits per heavy atom. The molecule has 0 saturated heterocycles. The zero-order valence-corrected chi connectivity index (χ0v) is 60.9. The molecule has 0 bridgehead atoms. The number of aromatic nitrogens is 6. The van der Waals surface area contributed by atoms with Crippen LogP contribution in [-0.2, 0) is 16.2 Å². The summed E-state index contributed by atoms with van der Waals surface area (Å²) in [6, 6.07) is 121. The number of nitrogens with zero attached hydrogens (tertiary/aromatic N) is 6. The topological polar surface area (TPSA) is 53.5 Å². The first-order valence-electron chi connectivity index (χ1n) is 37.7. The predicted molar refractivity (Wildman–Crippen MR) is 448 cm³/mol. The number of benzene rings is 15. The van der Waals surface area contributed by atoms with Crippen LogP contribution in [0.2, 0.25) is 0 Å². The number of hydrogen-bond acceptors (Lipinski definition) is 3. The summed E-state index contributed by atoms with van der Waals surface area (Å²) in [5.74, 6) is 1.77. The SMILES string of the molecule is CC1(C)c2ccccc2-c2ccc(-c3ccc4c(c3)c3ccccc3n4-c3ccc(-c4nc(-c5ccc(-n6c7ccccc7c7cc(-c8ccc9c(c8)C(C)(C)c8ccccc8-9)ccc76)cc5)nc(-c5ccc(-n6c7ccccc7c7cc(-c8ccc9c(c8)C(C)(C)c8ccccc8-9)ccc76)cc5)n4)cc3)cc21. The lowest BCUT2D eigenvalue weighted by molar-refractivity contribution is 0.660. The molecule has 0 spiro atoms. The number of hydrogen-bond donors (Lipinski definition) is 0. The molecule has 0 radical (unpaired) electrons. The van der Waals surface area contributed by atoms with Gasteiger partial charge in [-0.2, -0.15) is 0 Å². The van der Waals surface area contributed by atoms with E-state index in [-0.39, 0.29) is 16.2 Å². The third-order valence-corrected chi connectivity index (χ3v) is 24.6. The van der Waals surface area contributed by atoms with Gasteiger partial charge in [-0.1, -0.05) is 224 Å². The van der Waals surface area contributed by atoms with Crippen molar-refractivity contribution in [2.24, 2.45) is 0 Å². The van der Waals surface area contributed by atoms with Crippen LogP contribution in [0.25, 0.3) is 183 Å². The molecule has 15 aromatic carbocycles. The van der Waals surface area contributed by atoms with E-state index in [9.17, 15) is 0 Å². The van der Waals surface area contributed by atoms with Gasteiger partial charge in [-0.3, -0.25) is 0 Å². The largest absolute Gasteiger partial charge is 0.309 e. The summed E-state index contributed by atoms with van der Waals surface area (Å²) in [5, 5.41) is 7.25. The summed E-state index contributed by atoms with van der Waals surface area (Å²) >= 11 is 0. The molecule has 6 heteroatoms. The van der Waals surface area contributed by atoms with Crippen LogP contribution in [0.3, 0.4) is 0 Å². The van der Waals surface area contributed by atoms with Gasteiger partial charge in [0.1, 0.15) is 0 Å². The summed E-state index contributed by atoms with van der Waals surface area (Å²) in [6.07, 6.45) is 0. The zero-order chi connectivity index (χ0) is 72.1. The van der Waals surface area contributed by atoms with E-state index < -0.39 is 0 Å². The number of para-hydroxylation sites is 3. The summed E-state index contributed by atoms with van der Waals surface area (Å²) in [5.41, 5.74) is 36.0. The second kappa shape index (κ2) is 22.9. The second-order valence-corrected chi connectivity index (χ2v) is 31.5. The van der Waals surface area contributed by atoms with Crippen LogP contribution in [0.15, 0.2) is 328 Å². The van der Waals surface area contributed by atoms with Crippen molar-refractivity contribution in [2.75, 3.05) is 0 Å². The Kier molecular flexibility index (Phi) is 13.1. The van der Waals surface area contributed by atoms with Crippen molar-refractivity contribution in [1.29, 1.82) is 0 Å². The first-order chi connectivity index (χ1) is 52.8. The quantitative estimate of drug-likeness (QED) is 0.145. The van der Waals surface area contributed by atoms with Crippen LogP contribution in [0.1, 0.15) is 74.9 Å². The molecule has 0 aliphatic heterocycles. The minimum absolute atomic E-state index is 0.0886. The highest BCUT2D eigenvalue weighted by Crippen LogP contribution is 2.54. The minimum Gasteiger partial charge on any atom is -0.309 e. The van der Waals surface area contributed by atoms with Gasteiger partial charge >= 0.3 is 0 Å². The smallest absolute Gasteiger partial charge is 0.164 e. The van der Waals surface area contributed by atoms with E-state index >= 15 is 0 Å². The van der Waals surface area contributed by atoms with Gasteiger partial charge in [0, 0.05) is 82.3 Å². The monoisotopic (exact) mass is 1380 g/mol. The Labute approximate surface area is 626 Å². The molecule has 0 atom stereocenters. The van der Waals surface area contributed by atoms with Crippen molar-refractivity contribution in [2.45, 2.75) is 57.8 Å². The molecule has 108 heavy (non-hydrogen) atoms. The Morgan fingerprint density at radius 3 is 0.704 bits per heavy atom. The third kappa shape index (κ3) is 9.10. The normalized spacial score (nSPS) is 14.1. The van der Waals surface area contributed by atoms with Gasteiger partial charge < -0.3 is 13.7 Å². The highest BCUT2D eigenvalue weighted by molar-refractivity contribution is 6.13. The first-order valence-corrected chi connectivity index (χ1v) is 37.7. The van der Waals surface area contributed by atoms with Crippen molar-refractivity contribution in [3.63, 3.8) is 0 Å². The average molecular weight is 1380 g/mol. The maximum Gasteiger partial charge on any atom is 0.164 e. The lowest BCUT2D eigenvalue weighted by atomic mass is 9.81. The van der Waals surface area contributed by atoms with E-state index in [4.69, 9.17) is 15.0 Å². The molecule has 4 aromatic heterocycles.